The van der Waals surface area contributed by atoms with Crippen molar-refractivity contribution in [2.24, 2.45) is 0 Å². The molecule has 0 amide bonds. The van der Waals surface area contributed by atoms with Gasteiger partial charge in [-0.1, -0.05) is 37.6 Å². The molecule has 5 heteroatoms. The van der Waals surface area contributed by atoms with E-state index in [1.54, 1.807) is 20.5 Å². The maximum Gasteiger partial charge on any atom is 0.330 e. The lowest BCUT2D eigenvalue weighted by atomic mass is 10.1. The van der Waals surface area contributed by atoms with Gasteiger partial charge in [-0.3, -0.25) is 9.13 Å². The zero-order valence-corrected chi connectivity index (χ0v) is 16.3. The lowest BCUT2D eigenvalue weighted by molar-refractivity contribution is -0.110. The van der Waals surface area contributed by atoms with Crippen LogP contribution in [-0.4, -0.2) is 15.4 Å². The number of thiophene rings is 1. The lowest BCUT2D eigenvalue weighted by Crippen LogP contribution is -2.28. The summed E-state index contributed by atoms with van der Waals surface area (Å²) in [6.45, 7) is 4.64. The zero-order chi connectivity index (χ0) is 19.0. The molecule has 1 atom stereocenters. The van der Waals surface area contributed by atoms with Crippen LogP contribution in [-0.2, 0) is 11.3 Å². The van der Waals surface area contributed by atoms with Crippen LogP contribution in [0.15, 0.2) is 52.6 Å². The fourth-order valence-corrected chi connectivity index (χ4v) is 4.92. The summed E-state index contributed by atoms with van der Waals surface area (Å²) in [5, 5.41) is 3.37. The Bertz CT molecular complexity index is 1180. The quantitative estimate of drug-likeness (QED) is 0.447. The predicted molar refractivity (Wildman–Crippen MR) is 112 cm³/mol. The minimum Gasteiger partial charge on any atom is -0.301 e. The van der Waals surface area contributed by atoms with E-state index in [0.29, 0.717) is 13.0 Å². The van der Waals surface area contributed by atoms with E-state index in [4.69, 9.17) is 0 Å². The van der Waals surface area contributed by atoms with Gasteiger partial charge in [0.25, 0.3) is 0 Å². The molecule has 0 spiro atoms. The number of imidazole rings is 1. The first kappa shape index (κ1) is 17.7. The van der Waals surface area contributed by atoms with Crippen LogP contribution in [0.2, 0.25) is 0 Å². The minimum absolute atomic E-state index is 0.116. The molecule has 0 aliphatic rings. The summed E-state index contributed by atoms with van der Waals surface area (Å²) in [7, 11) is 0. The van der Waals surface area contributed by atoms with Crippen LogP contribution >= 0.6 is 11.3 Å². The predicted octanol–water partition coefficient (Wildman–Crippen LogP) is 4.91. The Hall–Kier alpha value is -2.66. The Kier molecular flexibility index (Phi) is 4.70. The molecule has 4 aromatic rings. The molecule has 1 unspecified atom stereocenters. The van der Waals surface area contributed by atoms with Gasteiger partial charge in [0.1, 0.15) is 6.29 Å². The molecule has 0 saturated heterocycles. The van der Waals surface area contributed by atoms with E-state index in [2.05, 4.69) is 30.5 Å². The van der Waals surface area contributed by atoms with Crippen LogP contribution in [0.3, 0.4) is 0 Å². The third-order valence-electron chi connectivity index (χ3n) is 5.15. The molecule has 0 fully saturated rings. The number of aldehydes is 1. The molecule has 0 N–H and O–H groups in total. The Balaban J connectivity index is 1.91. The number of para-hydroxylation sites is 2. The van der Waals surface area contributed by atoms with Gasteiger partial charge in [0.2, 0.25) is 0 Å². The molecule has 0 bridgehead atoms. The largest absolute Gasteiger partial charge is 0.330 e. The molecular formula is C22H22N2O2S. The van der Waals surface area contributed by atoms with E-state index in [1.165, 1.54) is 15.6 Å². The molecule has 27 heavy (non-hydrogen) atoms. The van der Waals surface area contributed by atoms with Gasteiger partial charge < -0.3 is 4.79 Å². The molecule has 0 aliphatic carbocycles. The number of carbonyl (C=O) groups excluding carboxylic acids is 1. The Labute approximate surface area is 161 Å². The highest BCUT2D eigenvalue weighted by Crippen LogP contribution is 2.30. The Morgan fingerprint density at radius 2 is 1.89 bits per heavy atom. The molecule has 0 saturated carbocycles. The van der Waals surface area contributed by atoms with Crippen molar-refractivity contribution in [2.75, 3.05) is 0 Å². The number of rotatable bonds is 6. The van der Waals surface area contributed by atoms with E-state index in [1.807, 2.05) is 31.2 Å². The summed E-state index contributed by atoms with van der Waals surface area (Å²) in [6, 6.07) is 13.6. The first-order valence-electron chi connectivity index (χ1n) is 9.26. The number of aromatic nitrogens is 2. The molecule has 0 radical (unpaired) electrons. The SMILES string of the molecule is CCCC(C=O)n1c(=O)n(Cc2csc3cccc(C)c23)c2ccccc21. The highest BCUT2D eigenvalue weighted by atomic mass is 32.1. The average Bonchev–Trinajstić information content (AvgIpc) is 3.21. The highest BCUT2D eigenvalue weighted by molar-refractivity contribution is 7.17. The molecule has 2 heterocycles. The summed E-state index contributed by atoms with van der Waals surface area (Å²) >= 11 is 1.71. The summed E-state index contributed by atoms with van der Waals surface area (Å²) in [5.74, 6) is 0. The number of hydrogen-bond donors (Lipinski definition) is 0. The van der Waals surface area contributed by atoms with Gasteiger partial charge in [-0.15, -0.1) is 11.3 Å². The molecule has 0 aliphatic heterocycles. The van der Waals surface area contributed by atoms with Crippen molar-refractivity contribution < 1.29 is 4.79 Å². The van der Waals surface area contributed by atoms with Crippen molar-refractivity contribution in [3.05, 3.63) is 69.5 Å². The Morgan fingerprint density at radius 3 is 2.63 bits per heavy atom. The third kappa shape index (κ3) is 2.92. The summed E-state index contributed by atoms with van der Waals surface area (Å²) in [4.78, 5) is 25.0. The van der Waals surface area contributed by atoms with Crippen LogP contribution in [0.5, 0.6) is 0 Å². The molecule has 138 valence electrons. The summed E-state index contributed by atoms with van der Waals surface area (Å²) < 4.78 is 4.70. The first-order valence-corrected chi connectivity index (χ1v) is 10.1. The number of hydrogen-bond acceptors (Lipinski definition) is 3. The fourth-order valence-electron chi connectivity index (χ4n) is 3.89. The molecular weight excluding hydrogens is 356 g/mol. The lowest BCUT2D eigenvalue weighted by Gasteiger charge is -2.10. The van der Waals surface area contributed by atoms with Crippen molar-refractivity contribution >= 4 is 38.7 Å². The van der Waals surface area contributed by atoms with E-state index in [9.17, 15) is 9.59 Å². The smallest absolute Gasteiger partial charge is 0.301 e. The van der Waals surface area contributed by atoms with Gasteiger partial charge in [-0.2, -0.15) is 0 Å². The highest BCUT2D eigenvalue weighted by Gasteiger charge is 2.20. The van der Waals surface area contributed by atoms with E-state index in [0.717, 1.165) is 29.3 Å². The van der Waals surface area contributed by atoms with Gasteiger partial charge in [-0.25, -0.2) is 4.79 Å². The minimum atomic E-state index is -0.422. The summed E-state index contributed by atoms with van der Waals surface area (Å²) in [6.07, 6.45) is 2.41. The second-order valence-corrected chi connectivity index (χ2v) is 7.84. The van der Waals surface area contributed by atoms with Crippen LogP contribution in [0.4, 0.5) is 0 Å². The number of benzene rings is 2. The average molecular weight is 378 g/mol. The van der Waals surface area contributed by atoms with Gasteiger partial charge in [0.15, 0.2) is 0 Å². The van der Waals surface area contributed by atoms with Gasteiger partial charge in [0.05, 0.1) is 23.6 Å². The Morgan fingerprint density at radius 1 is 1.11 bits per heavy atom. The second kappa shape index (κ2) is 7.16. The summed E-state index contributed by atoms with van der Waals surface area (Å²) in [5.41, 5.74) is 3.95. The maximum absolute atomic E-state index is 13.3. The number of fused-ring (bicyclic) bond motifs is 2. The van der Waals surface area contributed by atoms with E-state index >= 15 is 0 Å². The van der Waals surface area contributed by atoms with Crippen molar-refractivity contribution in [3.8, 4) is 0 Å². The van der Waals surface area contributed by atoms with Crippen LogP contribution in [0.25, 0.3) is 21.1 Å². The standard InChI is InChI=1S/C22H22N2O2S/c1-3-7-17(13-25)24-19-10-5-4-9-18(19)23(22(24)26)12-16-14-27-20-11-6-8-15(2)21(16)20/h4-6,8-11,13-14,17H,3,7,12H2,1-2H3. The monoisotopic (exact) mass is 378 g/mol. The maximum atomic E-state index is 13.3. The van der Waals surface area contributed by atoms with Gasteiger partial charge >= 0.3 is 5.69 Å². The van der Waals surface area contributed by atoms with Crippen molar-refractivity contribution in [1.29, 1.82) is 0 Å². The van der Waals surface area contributed by atoms with Crippen LogP contribution in [0, 0.1) is 6.92 Å². The third-order valence-corrected chi connectivity index (χ3v) is 6.15. The zero-order valence-electron chi connectivity index (χ0n) is 15.5. The normalized spacial score (nSPS) is 12.7. The van der Waals surface area contributed by atoms with Gasteiger partial charge in [0, 0.05) is 10.1 Å². The number of carbonyl (C=O) groups is 1. The van der Waals surface area contributed by atoms with Crippen molar-refractivity contribution in [1.82, 2.24) is 9.13 Å². The molecule has 2 aromatic heterocycles. The molecule has 2 aromatic carbocycles. The van der Waals surface area contributed by atoms with Crippen molar-refractivity contribution in [3.63, 3.8) is 0 Å². The number of nitrogens with zero attached hydrogens (tertiary/aromatic N) is 2. The second-order valence-electron chi connectivity index (χ2n) is 6.93. The van der Waals surface area contributed by atoms with E-state index < -0.39 is 6.04 Å². The number of aryl methyl sites for hydroxylation is 1. The molecule has 4 nitrogen and oxygen atoms in total. The van der Waals surface area contributed by atoms with Crippen LogP contribution in [0.1, 0.15) is 36.9 Å². The fraction of sp³-hybridized carbons (Fsp3) is 0.273. The first-order chi connectivity index (χ1) is 13.2. The topological polar surface area (TPSA) is 44.0 Å². The van der Waals surface area contributed by atoms with Crippen molar-refractivity contribution in [2.45, 2.75) is 39.3 Å². The van der Waals surface area contributed by atoms with Crippen LogP contribution < -0.4 is 5.69 Å². The molecule has 4 rings (SSSR count). The van der Waals surface area contributed by atoms with Gasteiger partial charge in [-0.05, 0) is 48.1 Å². The van der Waals surface area contributed by atoms with E-state index in [-0.39, 0.29) is 5.69 Å².